The van der Waals surface area contributed by atoms with E-state index in [1.807, 2.05) is 12.1 Å². The lowest BCUT2D eigenvalue weighted by Gasteiger charge is -2.31. The van der Waals surface area contributed by atoms with Crippen LogP contribution in [-0.4, -0.2) is 27.3 Å². The first kappa shape index (κ1) is 26.6. The topological polar surface area (TPSA) is 38.1 Å². The van der Waals surface area contributed by atoms with E-state index in [-0.39, 0.29) is 6.04 Å². The first-order valence-corrected chi connectivity index (χ1v) is 13.7. The van der Waals surface area contributed by atoms with Crippen LogP contribution in [0.5, 0.6) is 0 Å². The smallest absolute Gasteiger partial charge is 0.150 e. The number of carbonyl (C=O) groups is 1. The van der Waals surface area contributed by atoms with Crippen molar-refractivity contribution in [1.29, 1.82) is 0 Å². The summed E-state index contributed by atoms with van der Waals surface area (Å²) in [5.74, 6) is 1.04. The number of hydrogen-bond acceptors (Lipinski definition) is 3. The predicted molar refractivity (Wildman–Crippen MR) is 154 cm³/mol. The quantitative estimate of drug-likeness (QED) is 0.176. The number of rotatable bonds is 13. The van der Waals surface area contributed by atoms with Crippen LogP contribution in [-0.2, 0) is 13.1 Å². The molecule has 0 unspecified atom stereocenters. The standard InChI is InChI=1S/C33H39N3O/c1-4-6-22-35(24-27-18-20-28(25-37)21-19-27)26(3)32-31(29-14-10-8-11-15-29)34-33(36(32)23-7-5-2)30-16-12-9-13-17-30/h8-21,25-26H,4-7,22-24H2,1-3H3/t26-/m1/s1. The molecule has 4 nitrogen and oxygen atoms in total. The number of hydrogen-bond donors (Lipinski definition) is 0. The van der Waals surface area contributed by atoms with Gasteiger partial charge in [-0.3, -0.25) is 9.69 Å². The molecule has 37 heavy (non-hydrogen) atoms. The van der Waals surface area contributed by atoms with Gasteiger partial charge < -0.3 is 4.57 Å². The summed E-state index contributed by atoms with van der Waals surface area (Å²) in [6.45, 7) is 9.59. The van der Waals surface area contributed by atoms with E-state index in [1.54, 1.807) is 0 Å². The Hall–Kier alpha value is -3.50. The summed E-state index contributed by atoms with van der Waals surface area (Å²) < 4.78 is 2.47. The van der Waals surface area contributed by atoms with Crippen molar-refractivity contribution in [3.8, 4) is 22.6 Å². The van der Waals surface area contributed by atoms with E-state index in [9.17, 15) is 4.79 Å². The Morgan fingerprint density at radius 2 is 1.46 bits per heavy atom. The van der Waals surface area contributed by atoms with Crippen molar-refractivity contribution in [2.24, 2.45) is 0 Å². The highest BCUT2D eigenvalue weighted by atomic mass is 16.1. The van der Waals surface area contributed by atoms with Gasteiger partial charge in [0, 0.05) is 35.8 Å². The second kappa shape index (κ2) is 13.2. The zero-order chi connectivity index (χ0) is 26.0. The van der Waals surface area contributed by atoms with Crippen molar-refractivity contribution in [2.45, 2.75) is 65.6 Å². The summed E-state index contributed by atoms with van der Waals surface area (Å²) in [7, 11) is 0. The Labute approximate surface area is 222 Å². The molecule has 0 aliphatic rings. The van der Waals surface area contributed by atoms with E-state index in [1.165, 1.54) is 11.3 Å². The van der Waals surface area contributed by atoms with Crippen molar-refractivity contribution < 1.29 is 4.79 Å². The fraction of sp³-hybridized carbons (Fsp3) is 0.333. The fourth-order valence-corrected chi connectivity index (χ4v) is 4.93. The highest BCUT2D eigenvalue weighted by molar-refractivity contribution is 5.74. The number of aromatic nitrogens is 2. The highest BCUT2D eigenvalue weighted by Gasteiger charge is 2.27. The molecule has 0 aliphatic heterocycles. The Kier molecular flexibility index (Phi) is 9.45. The molecule has 192 valence electrons. The summed E-state index contributed by atoms with van der Waals surface area (Å²) >= 11 is 0. The average Bonchev–Trinajstić information content (AvgIpc) is 3.34. The summed E-state index contributed by atoms with van der Waals surface area (Å²) in [4.78, 5) is 19.1. The van der Waals surface area contributed by atoms with Crippen LogP contribution in [0.3, 0.4) is 0 Å². The summed E-state index contributed by atoms with van der Waals surface area (Å²) in [6, 6.07) is 29.3. The maximum atomic E-state index is 11.2. The van der Waals surface area contributed by atoms with Crippen molar-refractivity contribution in [1.82, 2.24) is 14.5 Å². The first-order valence-electron chi connectivity index (χ1n) is 13.7. The van der Waals surface area contributed by atoms with Gasteiger partial charge in [0.15, 0.2) is 0 Å². The minimum Gasteiger partial charge on any atom is -0.326 e. The largest absolute Gasteiger partial charge is 0.326 e. The minimum atomic E-state index is 0.161. The summed E-state index contributed by atoms with van der Waals surface area (Å²) in [5.41, 5.74) is 6.59. The Morgan fingerprint density at radius 3 is 2.05 bits per heavy atom. The molecule has 0 bridgehead atoms. The van der Waals surface area contributed by atoms with Gasteiger partial charge in [-0.1, -0.05) is 112 Å². The van der Waals surface area contributed by atoms with Gasteiger partial charge in [-0.25, -0.2) is 4.98 Å². The number of aldehydes is 1. The zero-order valence-electron chi connectivity index (χ0n) is 22.4. The van der Waals surface area contributed by atoms with Gasteiger partial charge in [0.05, 0.1) is 11.4 Å². The number of benzene rings is 3. The second-order valence-electron chi connectivity index (χ2n) is 9.77. The van der Waals surface area contributed by atoms with E-state index in [0.717, 1.165) is 74.2 Å². The van der Waals surface area contributed by atoms with Gasteiger partial charge >= 0.3 is 0 Å². The lowest BCUT2D eigenvalue weighted by atomic mass is 10.0. The molecule has 0 radical (unpaired) electrons. The van der Waals surface area contributed by atoms with Crippen molar-refractivity contribution in [2.75, 3.05) is 6.54 Å². The fourth-order valence-electron chi connectivity index (χ4n) is 4.93. The van der Waals surface area contributed by atoms with Gasteiger partial charge in [-0.05, 0) is 31.9 Å². The van der Waals surface area contributed by atoms with Gasteiger partial charge in [-0.2, -0.15) is 0 Å². The molecule has 1 heterocycles. The average molecular weight is 494 g/mol. The summed E-state index contributed by atoms with van der Waals surface area (Å²) in [6.07, 6.45) is 5.41. The van der Waals surface area contributed by atoms with Crippen LogP contribution in [0, 0.1) is 0 Å². The van der Waals surface area contributed by atoms with Crippen LogP contribution in [0.4, 0.5) is 0 Å². The number of unbranched alkanes of at least 4 members (excludes halogenated alkanes) is 2. The zero-order valence-corrected chi connectivity index (χ0v) is 22.4. The Bertz CT molecular complexity index is 1250. The van der Waals surface area contributed by atoms with E-state index in [0.29, 0.717) is 5.56 Å². The van der Waals surface area contributed by atoms with E-state index >= 15 is 0 Å². The third-order valence-electron chi connectivity index (χ3n) is 7.07. The highest BCUT2D eigenvalue weighted by Crippen LogP contribution is 2.36. The van der Waals surface area contributed by atoms with E-state index in [2.05, 4.69) is 103 Å². The first-order chi connectivity index (χ1) is 18.2. The second-order valence-corrected chi connectivity index (χ2v) is 9.77. The monoisotopic (exact) mass is 493 g/mol. The number of imidazole rings is 1. The molecule has 4 heteroatoms. The van der Waals surface area contributed by atoms with Crippen LogP contribution in [0.15, 0.2) is 84.9 Å². The van der Waals surface area contributed by atoms with Crippen LogP contribution < -0.4 is 0 Å². The van der Waals surface area contributed by atoms with Crippen molar-refractivity contribution in [3.63, 3.8) is 0 Å². The Morgan fingerprint density at radius 1 is 0.838 bits per heavy atom. The normalized spacial score (nSPS) is 12.1. The van der Waals surface area contributed by atoms with Crippen LogP contribution in [0.25, 0.3) is 22.6 Å². The van der Waals surface area contributed by atoms with Gasteiger partial charge in [0.1, 0.15) is 12.1 Å². The van der Waals surface area contributed by atoms with Gasteiger partial charge in [-0.15, -0.1) is 0 Å². The predicted octanol–water partition coefficient (Wildman–Crippen LogP) is 8.19. The molecule has 0 amide bonds. The molecule has 0 fully saturated rings. The van der Waals surface area contributed by atoms with Gasteiger partial charge in [0.25, 0.3) is 0 Å². The number of nitrogens with zero attached hydrogens (tertiary/aromatic N) is 3. The lowest BCUT2D eigenvalue weighted by molar-refractivity contribution is 0.112. The lowest BCUT2D eigenvalue weighted by Crippen LogP contribution is -2.30. The van der Waals surface area contributed by atoms with Crippen LogP contribution in [0.2, 0.25) is 0 Å². The molecule has 0 saturated heterocycles. The maximum absolute atomic E-state index is 11.2. The SMILES string of the molecule is CCCCN(Cc1ccc(C=O)cc1)[C@H](C)c1c(-c2ccccc2)nc(-c2ccccc2)n1CCCC. The van der Waals surface area contributed by atoms with Gasteiger partial charge in [0.2, 0.25) is 0 Å². The minimum absolute atomic E-state index is 0.161. The van der Waals surface area contributed by atoms with E-state index < -0.39 is 0 Å². The Balaban J connectivity index is 1.83. The number of carbonyl (C=O) groups excluding carboxylic acids is 1. The van der Waals surface area contributed by atoms with Crippen LogP contribution in [0.1, 0.15) is 74.1 Å². The maximum Gasteiger partial charge on any atom is 0.150 e. The third-order valence-corrected chi connectivity index (χ3v) is 7.07. The van der Waals surface area contributed by atoms with Crippen molar-refractivity contribution >= 4 is 6.29 Å². The molecule has 1 atom stereocenters. The molecular weight excluding hydrogens is 454 g/mol. The molecular formula is C33H39N3O. The molecule has 0 saturated carbocycles. The van der Waals surface area contributed by atoms with E-state index in [4.69, 9.17) is 4.98 Å². The third kappa shape index (κ3) is 6.44. The van der Waals surface area contributed by atoms with Crippen LogP contribution >= 0.6 is 0 Å². The molecule has 4 aromatic rings. The van der Waals surface area contributed by atoms with Crippen molar-refractivity contribution in [3.05, 3.63) is 102 Å². The molecule has 0 aliphatic carbocycles. The molecule has 4 rings (SSSR count). The molecule has 0 spiro atoms. The molecule has 3 aromatic carbocycles. The summed E-state index contributed by atoms with van der Waals surface area (Å²) in [5, 5.41) is 0. The molecule has 1 aromatic heterocycles. The molecule has 0 N–H and O–H groups in total.